The summed E-state index contributed by atoms with van der Waals surface area (Å²) in [7, 11) is -3.13. The molecule has 1 atom stereocenters. The van der Waals surface area contributed by atoms with E-state index in [-0.39, 0.29) is 17.5 Å². The molecule has 3 heterocycles. The van der Waals surface area contributed by atoms with Crippen molar-refractivity contribution in [1.29, 1.82) is 0 Å². The fourth-order valence-electron chi connectivity index (χ4n) is 4.17. The van der Waals surface area contributed by atoms with Gasteiger partial charge in [0.2, 0.25) is 0 Å². The van der Waals surface area contributed by atoms with E-state index in [9.17, 15) is 13.2 Å². The summed E-state index contributed by atoms with van der Waals surface area (Å²) in [4.78, 5) is 22.4. The van der Waals surface area contributed by atoms with Crippen LogP contribution in [0.2, 0.25) is 5.02 Å². The highest BCUT2D eigenvalue weighted by Gasteiger charge is 2.31. The van der Waals surface area contributed by atoms with E-state index < -0.39 is 9.84 Å². The highest BCUT2D eigenvalue weighted by Crippen LogP contribution is 2.43. The van der Waals surface area contributed by atoms with E-state index >= 15 is 0 Å². The second-order valence-electron chi connectivity index (χ2n) is 7.44. The van der Waals surface area contributed by atoms with E-state index in [1.165, 1.54) is 6.26 Å². The highest BCUT2D eigenvalue weighted by molar-refractivity contribution is 9.10. The molecule has 158 valence electrons. The molecule has 0 amide bonds. The van der Waals surface area contributed by atoms with Crippen molar-refractivity contribution >= 4 is 65.9 Å². The Bertz CT molecular complexity index is 1140. The minimum Gasteiger partial charge on any atom is -0.353 e. The van der Waals surface area contributed by atoms with Gasteiger partial charge in [-0.2, -0.15) is 4.98 Å². The first-order chi connectivity index (χ1) is 13.7. The first-order valence-electron chi connectivity index (χ1n) is 9.41. The van der Waals surface area contributed by atoms with E-state index in [0.29, 0.717) is 30.5 Å². The minimum absolute atomic E-state index is 0.0831. The number of likely N-dealkylation sites (N-methyl/N-ethyl adjacent to an activating group) is 1. The standard InChI is InChI=1S/C18H22BrClN4O3S2/c1-3-22-4-5-23(9-11(22)10-29(2,26)27)17-12-8-13(20)14(19)16-15(12)24(6-7-28-16)18(25)21-17/h8,11H,3-7,9-10H2,1-2H3/t11-/m0/s1. The maximum atomic E-state index is 12.8. The van der Waals surface area contributed by atoms with Crippen molar-refractivity contribution in [2.45, 2.75) is 24.4 Å². The Morgan fingerprint density at radius 2 is 2.10 bits per heavy atom. The van der Waals surface area contributed by atoms with Crippen LogP contribution in [0, 0.1) is 0 Å². The number of hydrogen-bond acceptors (Lipinski definition) is 7. The van der Waals surface area contributed by atoms with Gasteiger partial charge in [0, 0.05) is 54.5 Å². The van der Waals surface area contributed by atoms with Crippen molar-refractivity contribution in [2.24, 2.45) is 0 Å². The molecule has 0 bridgehead atoms. The van der Waals surface area contributed by atoms with E-state index in [1.807, 2.05) is 17.9 Å². The summed E-state index contributed by atoms with van der Waals surface area (Å²) in [6, 6.07) is 1.71. The van der Waals surface area contributed by atoms with Crippen LogP contribution in [0.1, 0.15) is 6.92 Å². The molecule has 0 spiro atoms. The van der Waals surface area contributed by atoms with Crippen LogP contribution in [0.15, 0.2) is 20.2 Å². The van der Waals surface area contributed by atoms with Gasteiger partial charge in [-0.05, 0) is 28.5 Å². The molecule has 0 radical (unpaired) electrons. The van der Waals surface area contributed by atoms with Crippen molar-refractivity contribution in [3.63, 3.8) is 0 Å². The normalized spacial score (nSPS) is 20.4. The number of benzene rings is 1. The van der Waals surface area contributed by atoms with Gasteiger partial charge in [-0.25, -0.2) is 13.2 Å². The summed E-state index contributed by atoms with van der Waals surface area (Å²) in [5, 5.41) is 1.41. The van der Waals surface area contributed by atoms with E-state index in [4.69, 9.17) is 11.6 Å². The van der Waals surface area contributed by atoms with E-state index in [2.05, 4.69) is 25.8 Å². The molecule has 4 rings (SSSR count). The molecule has 7 nitrogen and oxygen atoms in total. The average Bonchev–Trinajstić information content (AvgIpc) is 2.66. The third-order valence-corrected chi connectivity index (χ3v) is 9.14. The lowest BCUT2D eigenvalue weighted by Gasteiger charge is -2.41. The van der Waals surface area contributed by atoms with Crippen molar-refractivity contribution < 1.29 is 8.42 Å². The second-order valence-corrected chi connectivity index (χ2v) is 11.9. The van der Waals surface area contributed by atoms with Gasteiger partial charge >= 0.3 is 5.69 Å². The molecule has 2 aliphatic rings. The van der Waals surface area contributed by atoms with Crippen LogP contribution >= 0.6 is 39.3 Å². The zero-order valence-corrected chi connectivity index (χ0v) is 20.2. The van der Waals surface area contributed by atoms with Gasteiger partial charge in [0.15, 0.2) is 0 Å². The fourth-order valence-corrected chi connectivity index (χ4v) is 7.16. The Labute approximate surface area is 187 Å². The second kappa shape index (κ2) is 8.03. The molecule has 2 aromatic rings. The summed E-state index contributed by atoms with van der Waals surface area (Å²) in [5.74, 6) is 1.46. The van der Waals surface area contributed by atoms with Crippen molar-refractivity contribution in [3.8, 4) is 0 Å². The van der Waals surface area contributed by atoms with Crippen LogP contribution in [0.4, 0.5) is 5.82 Å². The number of hydrogen-bond donors (Lipinski definition) is 0. The van der Waals surface area contributed by atoms with Crippen molar-refractivity contribution in [3.05, 3.63) is 26.0 Å². The summed E-state index contributed by atoms with van der Waals surface area (Å²) >= 11 is 11.7. The van der Waals surface area contributed by atoms with E-state index in [1.54, 1.807) is 16.3 Å². The number of aryl methyl sites for hydroxylation is 1. The highest BCUT2D eigenvalue weighted by atomic mass is 79.9. The summed E-state index contributed by atoms with van der Waals surface area (Å²) < 4.78 is 26.4. The molecule has 0 saturated carbocycles. The molecule has 0 aliphatic carbocycles. The Morgan fingerprint density at radius 3 is 2.79 bits per heavy atom. The van der Waals surface area contributed by atoms with Gasteiger partial charge in [0.25, 0.3) is 0 Å². The molecule has 1 fully saturated rings. The Kier molecular flexibility index (Phi) is 5.93. The molecular weight excluding hydrogens is 500 g/mol. The number of sulfone groups is 1. The molecule has 0 N–H and O–H groups in total. The van der Waals surface area contributed by atoms with Crippen LogP contribution < -0.4 is 10.6 Å². The molecule has 11 heteroatoms. The number of thioether (sulfide) groups is 1. The number of piperazine rings is 1. The maximum absolute atomic E-state index is 12.8. The van der Waals surface area contributed by atoms with Gasteiger partial charge in [-0.3, -0.25) is 9.47 Å². The molecule has 0 unspecified atom stereocenters. The van der Waals surface area contributed by atoms with Crippen molar-refractivity contribution in [2.75, 3.05) is 48.8 Å². The lowest BCUT2D eigenvalue weighted by molar-refractivity contribution is 0.201. The van der Waals surface area contributed by atoms with Crippen LogP contribution in [-0.2, 0) is 16.4 Å². The van der Waals surface area contributed by atoms with Gasteiger partial charge in [0.1, 0.15) is 15.7 Å². The smallest absolute Gasteiger partial charge is 0.350 e. The quantitative estimate of drug-likeness (QED) is 0.612. The Hall–Kier alpha value is -0.810. The predicted octanol–water partition coefficient (Wildman–Crippen LogP) is 2.47. The predicted molar refractivity (Wildman–Crippen MR) is 122 cm³/mol. The summed E-state index contributed by atoms with van der Waals surface area (Å²) in [6.45, 7) is 5.32. The Morgan fingerprint density at radius 1 is 1.34 bits per heavy atom. The number of aromatic nitrogens is 2. The van der Waals surface area contributed by atoms with Crippen LogP contribution in [0.25, 0.3) is 10.9 Å². The van der Waals surface area contributed by atoms with Gasteiger partial charge < -0.3 is 4.90 Å². The average molecular weight is 522 g/mol. The summed E-state index contributed by atoms with van der Waals surface area (Å²) in [6.07, 6.45) is 1.27. The largest absolute Gasteiger partial charge is 0.353 e. The molecule has 29 heavy (non-hydrogen) atoms. The van der Waals surface area contributed by atoms with Gasteiger partial charge in [-0.15, -0.1) is 11.8 Å². The van der Waals surface area contributed by atoms with Crippen LogP contribution in [0.5, 0.6) is 0 Å². The molecular formula is C18H22BrClN4O3S2. The number of rotatable bonds is 4. The van der Waals surface area contributed by atoms with Crippen molar-refractivity contribution in [1.82, 2.24) is 14.5 Å². The maximum Gasteiger partial charge on any atom is 0.350 e. The lowest BCUT2D eigenvalue weighted by Crippen LogP contribution is -2.56. The van der Waals surface area contributed by atoms with Gasteiger partial charge in [0.05, 0.1) is 20.8 Å². The Balaban J connectivity index is 1.83. The topological polar surface area (TPSA) is 75.5 Å². The molecule has 2 aliphatic heterocycles. The molecule has 1 aromatic heterocycles. The third kappa shape index (κ3) is 4.06. The molecule has 1 aromatic carbocycles. The molecule has 1 saturated heterocycles. The van der Waals surface area contributed by atoms with Crippen LogP contribution in [-0.4, -0.2) is 72.9 Å². The fraction of sp³-hybridized carbons (Fsp3) is 0.556. The third-order valence-electron chi connectivity index (χ3n) is 5.46. The first-order valence-corrected chi connectivity index (χ1v) is 13.6. The number of anilines is 1. The SMILES string of the molecule is CCN1CCN(c2nc(=O)n3c4c(c(Br)c(Cl)cc24)SCC3)C[C@H]1CS(C)(=O)=O. The zero-order chi connectivity index (χ0) is 20.9. The number of nitrogens with zero attached hydrogens (tertiary/aromatic N) is 4. The van der Waals surface area contributed by atoms with Crippen LogP contribution in [0.3, 0.4) is 0 Å². The number of halogens is 2. The lowest BCUT2D eigenvalue weighted by atomic mass is 10.1. The summed E-state index contributed by atoms with van der Waals surface area (Å²) in [5.41, 5.74) is 0.575. The monoisotopic (exact) mass is 520 g/mol. The van der Waals surface area contributed by atoms with E-state index in [0.717, 1.165) is 39.1 Å². The zero-order valence-electron chi connectivity index (χ0n) is 16.2. The van der Waals surface area contributed by atoms with Gasteiger partial charge in [-0.1, -0.05) is 18.5 Å². The minimum atomic E-state index is -3.13. The first kappa shape index (κ1) is 21.4.